The average Bonchev–Trinajstić information content (AvgIpc) is 2.75. The lowest BCUT2D eigenvalue weighted by atomic mass is 10.0. The van der Waals surface area contributed by atoms with Gasteiger partial charge in [-0.05, 0) is 22.0 Å². The van der Waals surface area contributed by atoms with Crippen molar-refractivity contribution >= 4 is 27.3 Å². The molecule has 1 atom stereocenters. The molecule has 1 aromatic rings. The highest BCUT2D eigenvalue weighted by atomic mass is 79.9. The number of rotatable bonds is 4. The van der Waals surface area contributed by atoms with Crippen molar-refractivity contribution in [2.24, 2.45) is 0 Å². The maximum absolute atomic E-state index is 10.6. The fourth-order valence-corrected chi connectivity index (χ4v) is 2.26. The fourth-order valence-electron chi connectivity index (χ4n) is 1.76. The zero-order valence-electron chi connectivity index (χ0n) is 9.56. The van der Waals surface area contributed by atoms with E-state index in [9.17, 15) is 15.2 Å². The summed E-state index contributed by atoms with van der Waals surface area (Å²) < 4.78 is 5.73. The number of nitrogens with one attached hydrogen (secondary N) is 1. The molecule has 1 fully saturated rings. The third-order valence-electron chi connectivity index (χ3n) is 2.85. The van der Waals surface area contributed by atoms with Crippen molar-refractivity contribution in [1.82, 2.24) is 0 Å². The maximum Gasteiger partial charge on any atom is 0.270 e. The van der Waals surface area contributed by atoms with Crippen LogP contribution in [0.3, 0.4) is 0 Å². The Morgan fingerprint density at radius 1 is 1.61 bits per heavy atom. The van der Waals surface area contributed by atoms with Crippen LogP contribution in [-0.2, 0) is 4.74 Å². The highest BCUT2D eigenvalue weighted by molar-refractivity contribution is 9.10. The highest BCUT2D eigenvalue weighted by Gasteiger charge is 2.32. The second kappa shape index (κ2) is 5.21. The van der Waals surface area contributed by atoms with Crippen molar-refractivity contribution < 1.29 is 14.8 Å². The summed E-state index contributed by atoms with van der Waals surface area (Å²) in [7, 11) is 0. The van der Waals surface area contributed by atoms with Crippen molar-refractivity contribution in [3.05, 3.63) is 32.8 Å². The first kappa shape index (κ1) is 13.3. The lowest BCUT2D eigenvalue weighted by Gasteiger charge is -2.21. The second-order valence-electron chi connectivity index (χ2n) is 4.30. The number of non-ortho nitro benzene ring substituents is 1. The van der Waals surface area contributed by atoms with Crippen LogP contribution in [0, 0.1) is 10.1 Å². The van der Waals surface area contributed by atoms with Gasteiger partial charge in [-0.25, -0.2) is 0 Å². The molecule has 0 radical (unpaired) electrons. The van der Waals surface area contributed by atoms with Gasteiger partial charge in [0.15, 0.2) is 0 Å². The lowest BCUT2D eigenvalue weighted by Crippen LogP contribution is -2.37. The first-order valence-corrected chi connectivity index (χ1v) is 6.27. The zero-order chi connectivity index (χ0) is 13.2. The van der Waals surface area contributed by atoms with Gasteiger partial charge in [-0.1, -0.05) is 0 Å². The van der Waals surface area contributed by atoms with Gasteiger partial charge in [0.05, 0.1) is 11.5 Å². The molecule has 0 saturated carbocycles. The molecule has 98 valence electrons. The van der Waals surface area contributed by atoms with Gasteiger partial charge in [0.25, 0.3) is 5.69 Å². The van der Waals surface area contributed by atoms with E-state index in [0.29, 0.717) is 36.3 Å². The number of hydrogen-bond acceptors (Lipinski definition) is 5. The SMILES string of the molecule is O=[N+]([O-])c1ccc(NCC2(O)CCOC2)c(Br)c1. The Bertz CT molecular complexity index is 460. The number of nitrogens with zero attached hydrogens (tertiary/aromatic N) is 1. The summed E-state index contributed by atoms with van der Waals surface area (Å²) in [4.78, 5) is 10.1. The molecule has 18 heavy (non-hydrogen) atoms. The minimum absolute atomic E-state index is 0.0235. The second-order valence-corrected chi connectivity index (χ2v) is 5.16. The Morgan fingerprint density at radius 2 is 2.39 bits per heavy atom. The molecule has 6 nitrogen and oxygen atoms in total. The third kappa shape index (κ3) is 2.98. The normalized spacial score (nSPS) is 23.0. The van der Waals surface area contributed by atoms with Crippen LogP contribution < -0.4 is 5.32 Å². The van der Waals surface area contributed by atoms with Gasteiger partial charge >= 0.3 is 0 Å². The molecule has 0 aliphatic carbocycles. The van der Waals surface area contributed by atoms with Gasteiger partial charge < -0.3 is 15.2 Å². The number of ether oxygens (including phenoxy) is 1. The van der Waals surface area contributed by atoms with E-state index < -0.39 is 10.5 Å². The lowest BCUT2D eigenvalue weighted by molar-refractivity contribution is -0.384. The van der Waals surface area contributed by atoms with Gasteiger partial charge in [-0.3, -0.25) is 10.1 Å². The number of halogens is 1. The topological polar surface area (TPSA) is 84.6 Å². The number of nitro benzene ring substituents is 1. The standard InChI is InChI=1S/C11H13BrN2O4/c12-9-5-8(14(16)17)1-2-10(9)13-6-11(15)3-4-18-7-11/h1-2,5,13,15H,3-4,6-7H2. The van der Waals surface area contributed by atoms with E-state index in [4.69, 9.17) is 4.74 Å². The van der Waals surface area contributed by atoms with Crippen LogP contribution in [0.1, 0.15) is 6.42 Å². The first-order chi connectivity index (χ1) is 8.50. The van der Waals surface area contributed by atoms with Crippen LogP contribution in [0.2, 0.25) is 0 Å². The molecule has 1 heterocycles. The highest BCUT2D eigenvalue weighted by Crippen LogP contribution is 2.28. The summed E-state index contributed by atoms with van der Waals surface area (Å²) in [6.07, 6.45) is 0.588. The number of hydrogen-bond donors (Lipinski definition) is 2. The zero-order valence-corrected chi connectivity index (χ0v) is 11.1. The van der Waals surface area contributed by atoms with Gasteiger partial charge in [0.1, 0.15) is 5.60 Å². The number of benzene rings is 1. The molecule has 1 saturated heterocycles. The molecule has 1 aromatic carbocycles. The molecule has 7 heteroatoms. The first-order valence-electron chi connectivity index (χ1n) is 5.48. The molecular weight excluding hydrogens is 304 g/mol. The minimum Gasteiger partial charge on any atom is -0.386 e. The molecule has 2 rings (SSSR count). The molecule has 0 spiro atoms. The number of nitro groups is 1. The molecule has 1 aliphatic rings. The van der Waals surface area contributed by atoms with Gasteiger partial charge in [-0.15, -0.1) is 0 Å². The average molecular weight is 317 g/mol. The van der Waals surface area contributed by atoms with Crippen LogP contribution in [0.15, 0.2) is 22.7 Å². The van der Waals surface area contributed by atoms with Crippen LogP contribution in [0.25, 0.3) is 0 Å². The predicted octanol–water partition coefficient (Wildman–Crippen LogP) is 1.92. The summed E-state index contributed by atoms with van der Waals surface area (Å²) in [5.41, 5.74) is -0.127. The molecule has 0 bridgehead atoms. The van der Waals surface area contributed by atoms with Gasteiger partial charge in [0.2, 0.25) is 0 Å². The molecule has 2 N–H and O–H groups in total. The summed E-state index contributed by atoms with van der Waals surface area (Å²) in [6.45, 7) is 1.22. The van der Waals surface area contributed by atoms with Gasteiger partial charge in [-0.2, -0.15) is 0 Å². The summed E-state index contributed by atoms with van der Waals surface area (Å²) in [5.74, 6) is 0. The molecular formula is C11H13BrN2O4. The Labute approximate surface area is 112 Å². The monoisotopic (exact) mass is 316 g/mol. The van der Waals surface area contributed by atoms with Crippen molar-refractivity contribution in [2.45, 2.75) is 12.0 Å². The van der Waals surface area contributed by atoms with Crippen LogP contribution in [-0.4, -0.2) is 35.4 Å². The molecule has 1 unspecified atom stereocenters. The quantitative estimate of drug-likeness (QED) is 0.655. The fraction of sp³-hybridized carbons (Fsp3) is 0.455. The summed E-state index contributed by atoms with van der Waals surface area (Å²) in [5, 5.41) is 23.7. The van der Waals surface area contributed by atoms with E-state index >= 15 is 0 Å². The largest absolute Gasteiger partial charge is 0.386 e. The number of anilines is 1. The number of aliphatic hydroxyl groups is 1. The smallest absolute Gasteiger partial charge is 0.270 e. The van der Waals surface area contributed by atoms with Crippen LogP contribution >= 0.6 is 15.9 Å². The molecule has 0 aromatic heterocycles. The van der Waals surface area contributed by atoms with Crippen molar-refractivity contribution in [2.75, 3.05) is 25.1 Å². The van der Waals surface area contributed by atoms with E-state index in [0.717, 1.165) is 0 Å². The van der Waals surface area contributed by atoms with Crippen LogP contribution in [0.5, 0.6) is 0 Å². The Kier molecular flexibility index (Phi) is 3.84. The van der Waals surface area contributed by atoms with Crippen molar-refractivity contribution in [3.8, 4) is 0 Å². The Balaban J connectivity index is 2.03. The van der Waals surface area contributed by atoms with Crippen molar-refractivity contribution in [1.29, 1.82) is 0 Å². The van der Waals surface area contributed by atoms with E-state index in [-0.39, 0.29) is 5.69 Å². The third-order valence-corrected chi connectivity index (χ3v) is 3.51. The van der Waals surface area contributed by atoms with Crippen molar-refractivity contribution in [3.63, 3.8) is 0 Å². The van der Waals surface area contributed by atoms with Crippen LogP contribution in [0.4, 0.5) is 11.4 Å². The van der Waals surface area contributed by atoms with E-state index in [1.54, 1.807) is 6.07 Å². The minimum atomic E-state index is -0.860. The van der Waals surface area contributed by atoms with E-state index in [2.05, 4.69) is 21.2 Å². The summed E-state index contributed by atoms with van der Waals surface area (Å²) in [6, 6.07) is 4.46. The Hall–Kier alpha value is -1.18. The van der Waals surface area contributed by atoms with Gasteiger partial charge in [0, 0.05) is 41.9 Å². The maximum atomic E-state index is 10.6. The summed E-state index contributed by atoms with van der Waals surface area (Å²) >= 11 is 3.26. The van der Waals surface area contributed by atoms with E-state index in [1.807, 2.05) is 0 Å². The predicted molar refractivity (Wildman–Crippen MR) is 69.7 cm³/mol. The molecule has 0 amide bonds. The molecule has 1 aliphatic heterocycles. The Morgan fingerprint density at radius 3 is 2.94 bits per heavy atom. The van der Waals surface area contributed by atoms with E-state index in [1.165, 1.54) is 12.1 Å².